The van der Waals surface area contributed by atoms with Crippen LogP contribution in [0.25, 0.3) is 0 Å². The molecule has 1 aliphatic carbocycles. The van der Waals surface area contributed by atoms with E-state index in [9.17, 15) is 19.4 Å². The van der Waals surface area contributed by atoms with Crippen LogP contribution in [-0.4, -0.2) is 63.8 Å². The van der Waals surface area contributed by atoms with Gasteiger partial charge in [0.1, 0.15) is 11.9 Å². The summed E-state index contributed by atoms with van der Waals surface area (Å²) in [5.74, 6) is -1.43. The van der Waals surface area contributed by atoms with Gasteiger partial charge in [0.15, 0.2) is 5.17 Å². The minimum Gasteiger partial charge on any atom is -0.390 e. The highest BCUT2D eigenvalue weighted by molar-refractivity contribution is 8.14. The molecule has 2 aromatic carbocycles. The first-order chi connectivity index (χ1) is 15.2. The molecular weight excluding hydrogens is 431 g/mol. The number of primary amides is 1. The van der Waals surface area contributed by atoms with Crippen LogP contribution in [0.4, 0.5) is 15.8 Å². The van der Waals surface area contributed by atoms with E-state index in [0.29, 0.717) is 11.7 Å². The highest BCUT2D eigenvalue weighted by atomic mass is 32.2. The summed E-state index contributed by atoms with van der Waals surface area (Å²) in [5.41, 5.74) is 8.23. The summed E-state index contributed by atoms with van der Waals surface area (Å²) in [7, 11) is 3.92. The third kappa shape index (κ3) is 4.46. The number of fused-ring (bicyclic) bond motifs is 1. The largest absolute Gasteiger partial charge is 0.390 e. The number of amides is 1. The molecule has 2 aromatic rings. The van der Waals surface area contributed by atoms with Gasteiger partial charge in [-0.1, -0.05) is 23.9 Å². The first kappa shape index (κ1) is 22.6. The maximum Gasteiger partial charge on any atom is 0.221 e. The Labute approximate surface area is 190 Å². The van der Waals surface area contributed by atoms with Crippen LogP contribution < -0.4 is 10.6 Å². The lowest BCUT2D eigenvalue weighted by atomic mass is 9.80. The molecule has 4 N–H and O–H groups in total. The van der Waals surface area contributed by atoms with Crippen molar-refractivity contribution in [2.24, 2.45) is 16.6 Å². The number of aliphatic hydroxyl groups excluding tert-OH is 2. The van der Waals surface area contributed by atoms with Crippen molar-refractivity contribution < 1.29 is 19.4 Å². The van der Waals surface area contributed by atoms with Gasteiger partial charge < -0.3 is 25.7 Å². The van der Waals surface area contributed by atoms with E-state index >= 15 is 0 Å². The van der Waals surface area contributed by atoms with E-state index in [1.54, 1.807) is 12.1 Å². The van der Waals surface area contributed by atoms with Gasteiger partial charge in [0.2, 0.25) is 5.91 Å². The zero-order chi connectivity index (χ0) is 23.0. The molecule has 9 heteroatoms. The molecule has 1 heterocycles. The molecule has 7 nitrogen and oxygen atoms in total. The predicted molar refractivity (Wildman–Crippen MR) is 124 cm³/mol. The van der Waals surface area contributed by atoms with Crippen molar-refractivity contribution in [1.82, 2.24) is 4.90 Å². The van der Waals surface area contributed by atoms with Gasteiger partial charge in [-0.25, -0.2) is 9.38 Å². The van der Waals surface area contributed by atoms with Gasteiger partial charge >= 0.3 is 0 Å². The van der Waals surface area contributed by atoms with E-state index in [4.69, 9.17) is 10.7 Å². The van der Waals surface area contributed by atoms with E-state index in [0.717, 1.165) is 16.9 Å². The maximum atomic E-state index is 13.4. The third-order valence-electron chi connectivity index (χ3n) is 6.04. The molecule has 0 spiro atoms. The lowest BCUT2D eigenvalue weighted by Crippen LogP contribution is -2.58. The molecule has 1 saturated heterocycles. The average molecular weight is 459 g/mol. The number of hydrogen-bond acceptors (Lipinski definition) is 6. The molecule has 1 amide bonds. The van der Waals surface area contributed by atoms with E-state index in [1.165, 1.54) is 23.9 Å². The fraction of sp³-hybridized carbons (Fsp3) is 0.391. The van der Waals surface area contributed by atoms with Gasteiger partial charge in [0.05, 0.1) is 23.8 Å². The zero-order valence-corrected chi connectivity index (χ0v) is 18.7. The molecule has 2 aliphatic rings. The average Bonchev–Trinajstić information content (AvgIpc) is 3.10. The van der Waals surface area contributed by atoms with E-state index in [-0.39, 0.29) is 17.5 Å². The van der Waals surface area contributed by atoms with E-state index in [2.05, 4.69) is 0 Å². The van der Waals surface area contributed by atoms with Crippen LogP contribution in [0.3, 0.4) is 0 Å². The third-order valence-corrected chi connectivity index (χ3v) is 7.46. The number of nitrogens with two attached hydrogens (primary N) is 1. The molecule has 5 atom stereocenters. The Hall–Kier alpha value is -2.62. The van der Waals surface area contributed by atoms with Gasteiger partial charge in [0.25, 0.3) is 0 Å². The van der Waals surface area contributed by atoms with Gasteiger partial charge in [-0.05, 0) is 48.4 Å². The van der Waals surface area contributed by atoms with Crippen molar-refractivity contribution in [1.29, 1.82) is 0 Å². The normalized spacial score (nSPS) is 28.6. The monoisotopic (exact) mass is 458 g/mol. The molecule has 4 rings (SSSR count). The molecular formula is C23H27FN4O3S. The Morgan fingerprint density at radius 3 is 2.44 bits per heavy atom. The molecule has 5 unspecified atom stereocenters. The number of rotatable bonds is 5. The highest BCUT2D eigenvalue weighted by Crippen LogP contribution is 2.45. The van der Waals surface area contributed by atoms with Crippen molar-refractivity contribution >= 4 is 34.2 Å². The van der Waals surface area contributed by atoms with Crippen LogP contribution in [0.5, 0.6) is 0 Å². The number of hydrogen-bond donors (Lipinski definition) is 3. The number of aliphatic imine (C=N–C) groups is 1. The molecule has 1 saturated carbocycles. The Bertz CT molecular complexity index is 999. The molecule has 32 heavy (non-hydrogen) atoms. The summed E-state index contributed by atoms with van der Waals surface area (Å²) in [6, 6.07) is 13.3. The number of carbonyl (C=O) groups excluding carboxylic acids is 1. The molecule has 0 radical (unpaired) electrons. The Balaban J connectivity index is 1.72. The molecule has 2 fully saturated rings. The maximum absolute atomic E-state index is 13.4. The summed E-state index contributed by atoms with van der Waals surface area (Å²) < 4.78 is 13.4. The zero-order valence-electron chi connectivity index (χ0n) is 17.9. The second-order valence-corrected chi connectivity index (χ2v) is 9.58. The summed E-state index contributed by atoms with van der Waals surface area (Å²) in [6.45, 7) is 0.346. The predicted octanol–water partition coefficient (Wildman–Crippen LogP) is 2.09. The number of benzene rings is 2. The summed E-state index contributed by atoms with van der Waals surface area (Å²) >= 11 is 1.39. The van der Waals surface area contributed by atoms with Crippen LogP contribution >= 0.6 is 11.8 Å². The van der Waals surface area contributed by atoms with Crippen LogP contribution in [0.15, 0.2) is 53.5 Å². The fourth-order valence-corrected chi connectivity index (χ4v) is 5.87. The fourth-order valence-electron chi connectivity index (χ4n) is 4.29. The van der Waals surface area contributed by atoms with Crippen molar-refractivity contribution in [3.63, 3.8) is 0 Å². The molecule has 0 bridgehead atoms. The number of aliphatic hydroxyl groups is 2. The lowest BCUT2D eigenvalue weighted by molar-refractivity contribution is -0.128. The first-order valence-corrected chi connectivity index (χ1v) is 11.3. The van der Waals surface area contributed by atoms with Crippen molar-refractivity contribution in [3.8, 4) is 0 Å². The molecule has 170 valence electrons. The molecule has 0 aromatic heterocycles. The molecule has 1 aliphatic heterocycles. The van der Waals surface area contributed by atoms with Gasteiger partial charge in [-0.3, -0.25) is 4.79 Å². The van der Waals surface area contributed by atoms with Gasteiger partial charge in [-0.2, -0.15) is 0 Å². The SMILES string of the molecule is CN(C)c1ccc(N=C2SC3C(C(N)=O)CC(O)C(O)C3N2Cc2ccc(F)cc2)cc1. The van der Waals surface area contributed by atoms with Crippen molar-refractivity contribution in [3.05, 3.63) is 59.9 Å². The first-order valence-electron chi connectivity index (χ1n) is 10.4. The summed E-state index contributed by atoms with van der Waals surface area (Å²) in [6.07, 6.45) is -2.02. The second-order valence-electron chi connectivity index (χ2n) is 8.44. The van der Waals surface area contributed by atoms with E-state index in [1.807, 2.05) is 48.2 Å². The van der Waals surface area contributed by atoms with Gasteiger partial charge in [-0.15, -0.1) is 0 Å². The second kappa shape index (κ2) is 9.09. The number of halogens is 1. The summed E-state index contributed by atoms with van der Waals surface area (Å²) in [5, 5.41) is 21.6. The van der Waals surface area contributed by atoms with E-state index < -0.39 is 30.1 Å². The topological polar surface area (TPSA) is 102 Å². The minimum absolute atomic E-state index is 0.111. The minimum atomic E-state index is -1.07. The van der Waals surface area contributed by atoms with Crippen LogP contribution in [-0.2, 0) is 11.3 Å². The van der Waals surface area contributed by atoms with Crippen LogP contribution in [0.2, 0.25) is 0 Å². The lowest BCUT2D eigenvalue weighted by Gasteiger charge is -2.41. The Morgan fingerprint density at radius 1 is 1.19 bits per heavy atom. The summed E-state index contributed by atoms with van der Waals surface area (Å²) in [4.78, 5) is 20.8. The Kier molecular flexibility index (Phi) is 6.41. The van der Waals surface area contributed by atoms with Gasteiger partial charge in [0, 0.05) is 31.6 Å². The van der Waals surface area contributed by atoms with Crippen molar-refractivity contribution in [2.75, 3.05) is 19.0 Å². The smallest absolute Gasteiger partial charge is 0.221 e. The Morgan fingerprint density at radius 2 is 1.84 bits per heavy atom. The number of amidine groups is 1. The number of anilines is 1. The number of thioether (sulfide) groups is 1. The van der Waals surface area contributed by atoms with Crippen LogP contribution in [0, 0.1) is 11.7 Å². The number of carbonyl (C=O) groups is 1. The van der Waals surface area contributed by atoms with Crippen molar-refractivity contribution in [2.45, 2.75) is 36.5 Å². The highest BCUT2D eigenvalue weighted by Gasteiger charge is 2.54. The quantitative estimate of drug-likeness (QED) is 0.634. The number of nitrogens with zero attached hydrogens (tertiary/aromatic N) is 3. The standard InChI is InChI=1S/C23H27FN4O3S/c1-27(2)16-9-7-15(8-10-16)26-23-28(12-13-3-5-14(24)6-4-13)19-20(30)18(29)11-17(22(25)31)21(19)32-23/h3-10,17-21,29-30H,11-12H2,1-2H3,(H2,25,31). The van der Waals surface area contributed by atoms with Crippen LogP contribution in [0.1, 0.15) is 12.0 Å².